The normalized spacial score (nSPS) is 13.3. The highest BCUT2D eigenvalue weighted by Gasteiger charge is 2.17. The number of fused-ring (bicyclic) bond motifs is 2. The molecule has 0 amide bonds. The molecule has 1 aliphatic rings. The third-order valence-electron chi connectivity index (χ3n) is 2.86. The average molecular weight is 214 g/mol. The van der Waals surface area contributed by atoms with Gasteiger partial charge in [0.2, 0.25) is 0 Å². The lowest BCUT2D eigenvalue weighted by Gasteiger charge is -2.06. The maximum Gasteiger partial charge on any atom is 0.196 e. The fraction of sp³-hybridized carbons (Fsp3) is 0.154. The van der Waals surface area contributed by atoms with Crippen LogP contribution in [0.1, 0.15) is 16.9 Å². The lowest BCUT2D eigenvalue weighted by atomic mass is 10.0. The molecule has 3 nitrogen and oxygen atoms in total. The quantitative estimate of drug-likeness (QED) is 0.732. The second-order valence-corrected chi connectivity index (χ2v) is 4.00. The zero-order valence-electron chi connectivity index (χ0n) is 8.78. The molecule has 0 bridgehead atoms. The molecule has 0 unspecified atom stereocenters. The first-order chi connectivity index (χ1) is 7.66. The smallest absolute Gasteiger partial charge is 0.196 e. The number of hydrogen-bond acceptors (Lipinski definition) is 3. The summed E-state index contributed by atoms with van der Waals surface area (Å²) in [5.41, 5.74) is 2.01. The van der Waals surface area contributed by atoms with Crippen molar-refractivity contribution in [1.82, 2.24) is 0 Å². The summed E-state index contributed by atoms with van der Waals surface area (Å²) in [6, 6.07) is 3.23. The Morgan fingerprint density at radius 3 is 3.00 bits per heavy atom. The van der Waals surface area contributed by atoms with E-state index in [4.69, 9.17) is 4.42 Å². The van der Waals surface area contributed by atoms with Gasteiger partial charge in [0.05, 0.1) is 0 Å². The first-order valence-electron chi connectivity index (χ1n) is 5.12. The Balaban J connectivity index is 2.54. The molecule has 2 aromatic rings. The Morgan fingerprint density at radius 2 is 2.19 bits per heavy atom. The van der Waals surface area contributed by atoms with Crippen molar-refractivity contribution in [3.63, 3.8) is 0 Å². The summed E-state index contributed by atoms with van der Waals surface area (Å²) in [4.78, 5) is 11.8. The molecule has 0 radical (unpaired) electrons. The number of phenols is 1. The lowest BCUT2D eigenvalue weighted by molar-refractivity contribution is 0.477. The van der Waals surface area contributed by atoms with Gasteiger partial charge in [0.25, 0.3) is 0 Å². The topological polar surface area (TPSA) is 50.4 Å². The first-order valence-corrected chi connectivity index (χ1v) is 5.12. The molecule has 3 rings (SSSR count). The van der Waals surface area contributed by atoms with Crippen molar-refractivity contribution < 1.29 is 9.52 Å². The highest BCUT2D eigenvalue weighted by molar-refractivity contribution is 5.90. The maximum absolute atomic E-state index is 11.8. The molecule has 0 saturated heterocycles. The highest BCUT2D eigenvalue weighted by Crippen LogP contribution is 2.34. The Labute approximate surface area is 91.6 Å². The molecule has 80 valence electrons. The predicted molar refractivity (Wildman–Crippen MR) is 61.6 cm³/mol. The fourth-order valence-electron chi connectivity index (χ4n) is 2.15. The molecule has 1 N–H and O–H groups in total. The van der Waals surface area contributed by atoms with E-state index in [2.05, 4.69) is 0 Å². The van der Waals surface area contributed by atoms with Crippen molar-refractivity contribution in [1.29, 1.82) is 0 Å². The van der Waals surface area contributed by atoms with Gasteiger partial charge < -0.3 is 9.52 Å². The van der Waals surface area contributed by atoms with Gasteiger partial charge in [-0.05, 0) is 25.0 Å². The van der Waals surface area contributed by atoms with Crippen molar-refractivity contribution in [3.8, 4) is 5.75 Å². The van der Waals surface area contributed by atoms with Gasteiger partial charge in [-0.1, -0.05) is 12.2 Å². The van der Waals surface area contributed by atoms with Crippen LogP contribution in [-0.2, 0) is 6.42 Å². The van der Waals surface area contributed by atoms with Gasteiger partial charge in [-0.25, -0.2) is 0 Å². The van der Waals surface area contributed by atoms with Crippen LogP contribution in [0.3, 0.4) is 0 Å². The van der Waals surface area contributed by atoms with E-state index in [0.717, 1.165) is 17.5 Å². The minimum atomic E-state index is -0.195. The summed E-state index contributed by atoms with van der Waals surface area (Å²) >= 11 is 0. The molecule has 1 aromatic heterocycles. The minimum absolute atomic E-state index is 0.0370. The summed E-state index contributed by atoms with van der Waals surface area (Å²) in [5, 5.41) is 10.3. The molecule has 1 heterocycles. The number of hydrogen-bond donors (Lipinski definition) is 1. The number of allylic oxidation sites excluding steroid dienone is 1. The van der Waals surface area contributed by atoms with Crippen LogP contribution in [-0.4, -0.2) is 5.11 Å². The second kappa shape index (κ2) is 2.98. The van der Waals surface area contributed by atoms with Crippen molar-refractivity contribution in [2.24, 2.45) is 0 Å². The largest absolute Gasteiger partial charge is 0.506 e. The number of aromatic hydroxyl groups is 1. The van der Waals surface area contributed by atoms with Crippen LogP contribution in [0.2, 0.25) is 0 Å². The first kappa shape index (κ1) is 9.21. The van der Waals surface area contributed by atoms with Crippen molar-refractivity contribution in [2.75, 3.05) is 0 Å². The molecule has 0 spiro atoms. The number of aryl methyl sites for hydroxylation is 1. The third kappa shape index (κ3) is 1.11. The predicted octanol–water partition coefficient (Wildman–Crippen LogP) is 2.38. The molecule has 0 fully saturated rings. The molecule has 16 heavy (non-hydrogen) atoms. The number of benzene rings is 1. The molecular weight excluding hydrogens is 204 g/mol. The van der Waals surface area contributed by atoms with Crippen LogP contribution in [0.15, 0.2) is 27.4 Å². The number of rotatable bonds is 0. The van der Waals surface area contributed by atoms with Crippen LogP contribution in [0, 0.1) is 6.92 Å². The summed E-state index contributed by atoms with van der Waals surface area (Å²) in [7, 11) is 0. The van der Waals surface area contributed by atoms with E-state index < -0.39 is 0 Å². The Kier molecular flexibility index (Phi) is 1.72. The minimum Gasteiger partial charge on any atom is -0.506 e. The van der Waals surface area contributed by atoms with Crippen LogP contribution in [0.5, 0.6) is 5.75 Å². The van der Waals surface area contributed by atoms with Gasteiger partial charge in [0, 0.05) is 11.6 Å². The summed E-state index contributed by atoms with van der Waals surface area (Å²) in [6.45, 7) is 1.73. The average Bonchev–Trinajstić information content (AvgIpc) is 2.64. The monoisotopic (exact) mass is 214 g/mol. The molecule has 1 aliphatic carbocycles. The van der Waals surface area contributed by atoms with Crippen LogP contribution < -0.4 is 5.43 Å². The van der Waals surface area contributed by atoms with E-state index in [-0.39, 0.29) is 16.6 Å². The Hall–Kier alpha value is -2.03. The van der Waals surface area contributed by atoms with E-state index in [1.165, 1.54) is 6.07 Å². The summed E-state index contributed by atoms with van der Waals surface area (Å²) in [6.07, 6.45) is 4.57. The zero-order valence-corrected chi connectivity index (χ0v) is 8.78. The molecule has 1 aromatic carbocycles. The van der Waals surface area contributed by atoms with Crippen molar-refractivity contribution >= 4 is 17.0 Å². The maximum atomic E-state index is 11.8. The lowest BCUT2D eigenvalue weighted by Crippen LogP contribution is -2.02. The highest BCUT2D eigenvalue weighted by atomic mass is 16.3. The van der Waals surface area contributed by atoms with E-state index in [1.807, 2.05) is 18.2 Å². The van der Waals surface area contributed by atoms with Gasteiger partial charge in [-0.15, -0.1) is 0 Å². The summed E-state index contributed by atoms with van der Waals surface area (Å²) in [5.74, 6) is 0.595. The fourth-order valence-corrected chi connectivity index (χ4v) is 2.15. The van der Waals surface area contributed by atoms with Gasteiger partial charge in [-0.3, -0.25) is 4.79 Å². The molecule has 0 aliphatic heterocycles. The van der Waals surface area contributed by atoms with E-state index in [0.29, 0.717) is 11.3 Å². The van der Waals surface area contributed by atoms with E-state index in [9.17, 15) is 9.90 Å². The molecular formula is C13H10O3. The Bertz CT molecular complexity index is 678. The zero-order chi connectivity index (χ0) is 11.3. The van der Waals surface area contributed by atoms with Crippen molar-refractivity contribution in [2.45, 2.75) is 13.3 Å². The van der Waals surface area contributed by atoms with Crippen LogP contribution in [0.4, 0.5) is 0 Å². The van der Waals surface area contributed by atoms with E-state index >= 15 is 0 Å². The van der Waals surface area contributed by atoms with Gasteiger partial charge >= 0.3 is 0 Å². The van der Waals surface area contributed by atoms with Crippen LogP contribution >= 0.6 is 0 Å². The van der Waals surface area contributed by atoms with Crippen molar-refractivity contribution in [3.05, 3.63) is 45.3 Å². The molecule has 0 saturated carbocycles. The molecule has 0 atom stereocenters. The SMILES string of the molecule is Cc1cc(=O)c2c(O)c3c(cc2o1)CC=C3. The van der Waals surface area contributed by atoms with Gasteiger partial charge in [-0.2, -0.15) is 0 Å². The third-order valence-corrected chi connectivity index (χ3v) is 2.86. The molecule has 3 heteroatoms. The van der Waals surface area contributed by atoms with Crippen LogP contribution in [0.25, 0.3) is 17.0 Å². The standard InChI is InChI=1S/C13H10O3/c1-7-5-10(14)12-11(16-7)6-8-3-2-4-9(8)13(12)15/h2,4-6,15H,3H2,1H3. The van der Waals surface area contributed by atoms with E-state index in [1.54, 1.807) is 6.92 Å². The second-order valence-electron chi connectivity index (χ2n) is 4.00. The van der Waals surface area contributed by atoms with Gasteiger partial charge in [0.1, 0.15) is 22.5 Å². The number of phenolic OH excluding ortho intramolecular Hbond substituents is 1. The summed E-state index contributed by atoms with van der Waals surface area (Å²) < 4.78 is 5.46. The van der Waals surface area contributed by atoms with Gasteiger partial charge in [0.15, 0.2) is 5.43 Å². The Morgan fingerprint density at radius 1 is 1.38 bits per heavy atom.